The summed E-state index contributed by atoms with van der Waals surface area (Å²) in [5, 5.41) is 2.92. The topological polar surface area (TPSA) is 61.4 Å². The molecule has 1 saturated heterocycles. The highest BCUT2D eigenvalue weighted by Gasteiger charge is 2.18. The Bertz CT molecular complexity index is 759. The number of carbonyl (C=O) groups excluding carboxylic acids is 1. The lowest BCUT2D eigenvalue weighted by Crippen LogP contribution is -2.45. The van der Waals surface area contributed by atoms with Crippen molar-refractivity contribution in [3.63, 3.8) is 0 Å². The van der Waals surface area contributed by atoms with Gasteiger partial charge < -0.3 is 15.1 Å². The summed E-state index contributed by atoms with van der Waals surface area (Å²) in [6.07, 6.45) is 1.65. The maximum atomic E-state index is 12.6. The number of carbonyl (C=O) groups is 1. The van der Waals surface area contributed by atoms with Crippen molar-refractivity contribution in [2.24, 2.45) is 0 Å². The molecular formula is C20H27N5O. The third-order valence-electron chi connectivity index (χ3n) is 4.67. The number of amides is 1. The lowest BCUT2D eigenvalue weighted by Gasteiger charge is -2.32. The molecule has 26 heavy (non-hydrogen) atoms. The van der Waals surface area contributed by atoms with Crippen LogP contribution in [0.15, 0.2) is 36.5 Å². The average Bonchev–Trinajstić information content (AvgIpc) is 2.62. The monoisotopic (exact) mass is 353 g/mol. The van der Waals surface area contributed by atoms with E-state index >= 15 is 0 Å². The molecule has 1 aliphatic rings. The van der Waals surface area contributed by atoms with Crippen molar-refractivity contribution >= 4 is 17.5 Å². The van der Waals surface area contributed by atoms with E-state index in [1.807, 2.05) is 24.3 Å². The summed E-state index contributed by atoms with van der Waals surface area (Å²) in [7, 11) is 2.10. The fourth-order valence-electron chi connectivity index (χ4n) is 2.88. The van der Waals surface area contributed by atoms with E-state index in [2.05, 4.69) is 52.9 Å². The number of likely N-dealkylation sites (N-methyl/N-ethyl adjacent to an activating group) is 1. The molecule has 0 saturated carbocycles. The molecule has 1 aliphatic heterocycles. The molecule has 138 valence electrons. The molecule has 6 heteroatoms. The van der Waals surface area contributed by atoms with Crippen molar-refractivity contribution in [3.8, 4) is 0 Å². The lowest BCUT2D eigenvalue weighted by atomic mass is 9.87. The molecule has 1 aromatic heterocycles. The zero-order valence-electron chi connectivity index (χ0n) is 16.0. The van der Waals surface area contributed by atoms with Gasteiger partial charge in [-0.3, -0.25) is 4.79 Å². The molecule has 2 aromatic rings. The molecule has 1 amide bonds. The quantitative estimate of drug-likeness (QED) is 0.919. The average molecular weight is 353 g/mol. The minimum absolute atomic E-state index is 0.0899. The molecule has 1 fully saturated rings. The first-order valence-corrected chi connectivity index (χ1v) is 9.01. The predicted molar refractivity (Wildman–Crippen MR) is 105 cm³/mol. The van der Waals surface area contributed by atoms with Crippen LogP contribution in [0.5, 0.6) is 0 Å². The lowest BCUT2D eigenvalue weighted by molar-refractivity contribution is 0.102. The van der Waals surface area contributed by atoms with Crippen LogP contribution in [0.1, 0.15) is 36.8 Å². The van der Waals surface area contributed by atoms with Gasteiger partial charge >= 0.3 is 0 Å². The number of hydrogen-bond donors (Lipinski definition) is 1. The second kappa shape index (κ2) is 7.41. The zero-order chi connectivity index (χ0) is 18.7. The molecule has 3 rings (SSSR count). The van der Waals surface area contributed by atoms with Crippen molar-refractivity contribution < 1.29 is 4.79 Å². The molecule has 0 atom stereocenters. The van der Waals surface area contributed by atoms with E-state index in [0.29, 0.717) is 11.6 Å². The highest BCUT2D eigenvalue weighted by atomic mass is 16.1. The van der Waals surface area contributed by atoms with Crippen LogP contribution in [0.2, 0.25) is 0 Å². The SMILES string of the molecule is CN1CCN(c2nccc(C(=O)Nc3ccc(C(C)(C)C)cc3)n2)CC1. The number of aromatic nitrogens is 2. The Balaban J connectivity index is 1.69. The van der Waals surface area contributed by atoms with Gasteiger partial charge in [0.05, 0.1) is 0 Å². The van der Waals surface area contributed by atoms with E-state index in [-0.39, 0.29) is 11.3 Å². The molecule has 0 radical (unpaired) electrons. The second-order valence-electron chi connectivity index (χ2n) is 7.81. The van der Waals surface area contributed by atoms with Gasteiger partial charge in [0, 0.05) is 38.1 Å². The van der Waals surface area contributed by atoms with E-state index in [4.69, 9.17) is 0 Å². The van der Waals surface area contributed by atoms with Crippen molar-refractivity contribution in [1.29, 1.82) is 0 Å². The maximum Gasteiger partial charge on any atom is 0.274 e. The third kappa shape index (κ3) is 4.38. The van der Waals surface area contributed by atoms with Gasteiger partial charge in [0.25, 0.3) is 5.91 Å². The third-order valence-corrected chi connectivity index (χ3v) is 4.67. The smallest absolute Gasteiger partial charge is 0.274 e. The fourth-order valence-corrected chi connectivity index (χ4v) is 2.88. The molecule has 6 nitrogen and oxygen atoms in total. The van der Waals surface area contributed by atoms with E-state index < -0.39 is 0 Å². The highest BCUT2D eigenvalue weighted by Crippen LogP contribution is 2.23. The van der Waals surface area contributed by atoms with Gasteiger partial charge in [0.1, 0.15) is 5.69 Å². The van der Waals surface area contributed by atoms with Crippen molar-refractivity contribution in [2.75, 3.05) is 43.4 Å². The van der Waals surface area contributed by atoms with Gasteiger partial charge in [-0.05, 0) is 36.2 Å². The highest BCUT2D eigenvalue weighted by molar-refractivity contribution is 6.02. The first-order chi connectivity index (χ1) is 12.3. The molecule has 1 aromatic carbocycles. The Morgan fingerprint density at radius 2 is 1.69 bits per heavy atom. The first kappa shape index (κ1) is 18.3. The number of anilines is 2. The maximum absolute atomic E-state index is 12.6. The minimum Gasteiger partial charge on any atom is -0.338 e. The zero-order valence-corrected chi connectivity index (χ0v) is 16.0. The van der Waals surface area contributed by atoms with E-state index in [9.17, 15) is 4.79 Å². The van der Waals surface area contributed by atoms with Crippen LogP contribution < -0.4 is 10.2 Å². The van der Waals surface area contributed by atoms with E-state index in [1.165, 1.54) is 5.56 Å². The van der Waals surface area contributed by atoms with Crippen LogP contribution in [0.4, 0.5) is 11.6 Å². The number of rotatable bonds is 3. The van der Waals surface area contributed by atoms with E-state index in [1.54, 1.807) is 12.3 Å². The molecule has 0 bridgehead atoms. The van der Waals surface area contributed by atoms with Crippen molar-refractivity contribution in [1.82, 2.24) is 14.9 Å². The molecule has 0 unspecified atom stereocenters. The largest absolute Gasteiger partial charge is 0.338 e. The van der Waals surface area contributed by atoms with Crippen LogP contribution in [-0.4, -0.2) is 54.0 Å². The number of hydrogen-bond acceptors (Lipinski definition) is 5. The summed E-state index contributed by atoms with van der Waals surface area (Å²) in [6.45, 7) is 10.2. The second-order valence-corrected chi connectivity index (χ2v) is 7.81. The van der Waals surface area contributed by atoms with Crippen LogP contribution >= 0.6 is 0 Å². The van der Waals surface area contributed by atoms with E-state index in [0.717, 1.165) is 31.9 Å². The molecule has 1 N–H and O–H groups in total. The Labute approximate surface area is 155 Å². The summed E-state index contributed by atoms with van der Waals surface area (Å²) in [6, 6.07) is 9.61. The molecule has 0 aliphatic carbocycles. The van der Waals surface area contributed by atoms with Gasteiger partial charge in [-0.25, -0.2) is 9.97 Å². The van der Waals surface area contributed by atoms with Crippen LogP contribution in [0, 0.1) is 0 Å². The summed E-state index contributed by atoms with van der Waals surface area (Å²) >= 11 is 0. The summed E-state index contributed by atoms with van der Waals surface area (Å²) in [5.74, 6) is 0.403. The van der Waals surface area contributed by atoms with Crippen LogP contribution in [-0.2, 0) is 5.41 Å². The molecular weight excluding hydrogens is 326 g/mol. The number of nitrogens with one attached hydrogen (secondary N) is 1. The summed E-state index contributed by atoms with van der Waals surface area (Å²) in [4.78, 5) is 25.7. The minimum atomic E-state index is -0.216. The van der Waals surface area contributed by atoms with Crippen molar-refractivity contribution in [3.05, 3.63) is 47.8 Å². The Kier molecular flexibility index (Phi) is 5.23. The van der Waals surface area contributed by atoms with Gasteiger partial charge in [0.2, 0.25) is 5.95 Å². The van der Waals surface area contributed by atoms with Crippen LogP contribution in [0.3, 0.4) is 0 Å². The molecule has 0 spiro atoms. The Morgan fingerprint density at radius 1 is 1.04 bits per heavy atom. The summed E-state index contributed by atoms with van der Waals surface area (Å²) < 4.78 is 0. The predicted octanol–water partition coefficient (Wildman–Crippen LogP) is 2.78. The Morgan fingerprint density at radius 3 is 2.31 bits per heavy atom. The standard InChI is InChI=1S/C20H27N5O/c1-20(2,3)15-5-7-16(8-6-15)22-18(26)17-9-10-21-19(23-17)25-13-11-24(4)12-14-25/h5-10H,11-14H2,1-4H3,(H,22,26). The molecule has 2 heterocycles. The number of piperazine rings is 1. The van der Waals surface area contributed by atoms with Gasteiger partial charge in [-0.1, -0.05) is 32.9 Å². The van der Waals surface area contributed by atoms with Gasteiger partial charge in [-0.2, -0.15) is 0 Å². The van der Waals surface area contributed by atoms with Crippen LogP contribution in [0.25, 0.3) is 0 Å². The summed E-state index contributed by atoms with van der Waals surface area (Å²) in [5.41, 5.74) is 2.47. The Hall–Kier alpha value is -2.47. The van der Waals surface area contributed by atoms with Gasteiger partial charge in [-0.15, -0.1) is 0 Å². The number of benzene rings is 1. The van der Waals surface area contributed by atoms with Gasteiger partial charge in [0.15, 0.2) is 0 Å². The van der Waals surface area contributed by atoms with Crippen molar-refractivity contribution in [2.45, 2.75) is 26.2 Å². The number of nitrogens with zero attached hydrogens (tertiary/aromatic N) is 4. The fraction of sp³-hybridized carbons (Fsp3) is 0.450. The first-order valence-electron chi connectivity index (χ1n) is 9.01. The normalized spacial score (nSPS) is 15.8.